The molecule has 2 aromatic carbocycles. The molecular weight excluding hydrogens is 325 g/mol. The first-order valence-electron chi connectivity index (χ1n) is 7.77. The van der Waals surface area contributed by atoms with Crippen LogP contribution in [0.1, 0.15) is 21.6 Å². The minimum absolute atomic E-state index is 0.0180. The highest BCUT2D eigenvalue weighted by molar-refractivity contribution is 5.95. The molecule has 3 rings (SSSR count). The lowest BCUT2D eigenvalue weighted by Crippen LogP contribution is -2.26. The molecule has 0 aliphatic rings. The van der Waals surface area contributed by atoms with Gasteiger partial charge in [-0.2, -0.15) is 0 Å². The van der Waals surface area contributed by atoms with Crippen LogP contribution in [0, 0.1) is 17.9 Å². The molecule has 3 N–H and O–H groups in total. The van der Waals surface area contributed by atoms with Crippen LogP contribution in [0.4, 0.5) is 10.1 Å². The zero-order chi connectivity index (χ0) is 18.0. The molecule has 1 heterocycles. The first-order valence-corrected chi connectivity index (χ1v) is 7.77. The Morgan fingerprint density at radius 1 is 1.32 bits per heavy atom. The van der Waals surface area contributed by atoms with Crippen molar-refractivity contribution in [1.29, 1.82) is 0 Å². The lowest BCUT2D eigenvalue weighted by molar-refractivity contribution is 0.0954. The van der Waals surface area contributed by atoms with Crippen molar-refractivity contribution in [3.63, 3.8) is 0 Å². The number of nitrogens with zero attached hydrogens (tertiary/aromatic N) is 1. The van der Waals surface area contributed by atoms with Gasteiger partial charge < -0.3 is 20.7 Å². The van der Waals surface area contributed by atoms with Crippen molar-refractivity contribution in [2.45, 2.75) is 13.3 Å². The molecule has 0 saturated heterocycles. The van der Waals surface area contributed by atoms with Crippen molar-refractivity contribution >= 4 is 22.5 Å². The third kappa shape index (κ3) is 3.62. The third-order valence-corrected chi connectivity index (χ3v) is 4.07. The second-order valence-electron chi connectivity index (χ2n) is 5.75. The highest BCUT2D eigenvalue weighted by atomic mass is 19.1. The summed E-state index contributed by atoms with van der Waals surface area (Å²) < 4.78 is 13.5. The van der Waals surface area contributed by atoms with E-state index >= 15 is 0 Å². The molecule has 0 bridgehead atoms. The van der Waals surface area contributed by atoms with Gasteiger partial charge in [0.2, 0.25) is 0 Å². The summed E-state index contributed by atoms with van der Waals surface area (Å²) in [5, 5.41) is 23.1. The van der Waals surface area contributed by atoms with Crippen LogP contribution in [0.2, 0.25) is 0 Å². The van der Waals surface area contributed by atoms with Crippen LogP contribution in [0.15, 0.2) is 42.5 Å². The number of halogens is 1. The highest BCUT2D eigenvalue weighted by Crippen LogP contribution is 2.23. The maximum absolute atomic E-state index is 13.5. The number of aromatic nitrogens is 1. The largest absolute Gasteiger partial charge is 0.733 e. The number of benzene rings is 2. The van der Waals surface area contributed by atoms with Crippen molar-refractivity contribution < 1.29 is 14.4 Å². The van der Waals surface area contributed by atoms with Crippen LogP contribution in [-0.2, 0) is 6.42 Å². The van der Waals surface area contributed by atoms with Crippen LogP contribution in [-0.4, -0.2) is 22.6 Å². The van der Waals surface area contributed by atoms with E-state index in [1.165, 1.54) is 30.3 Å². The SMILES string of the molecule is Cc1[nH]c2ccc(F)cc2c1CCNC(=O)c1cccc(N([O-])O)c1. The van der Waals surface area contributed by atoms with Crippen molar-refractivity contribution in [2.75, 3.05) is 11.8 Å². The Hall–Kier alpha value is -2.90. The number of anilines is 1. The zero-order valence-electron chi connectivity index (χ0n) is 13.5. The Morgan fingerprint density at radius 2 is 2.12 bits per heavy atom. The summed E-state index contributed by atoms with van der Waals surface area (Å²) in [7, 11) is 0. The number of rotatable bonds is 5. The minimum atomic E-state index is -0.354. The van der Waals surface area contributed by atoms with Crippen LogP contribution in [0.3, 0.4) is 0 Å². The molecule has 130 valence electrons. The summed E-state index contributed by atoms with van der Waals surface area (Å²) in [6.07, 6.45) is 0.536. The van der Waals surface area contributed by atoms with Gasteiger partial charge >= 0.3 is 0 Å². The summed E-state index contributed by atoms with van der Waals surface area (Å²) in [6.45, 7) is 2.26. The Bertz CT molecular complexity index is 921. The molecule has 0 saturated carbocycles. The number of carbonyl (C=O) groups is 1. The molecule has 0 unspecified atom stereocenters. The molecule has 0 aliphatic heterocycles. The molecule has 0 spiro atoms. The fourth-order valence-corrected chi connectivity index (χ4v) is 2.85. The molecule has 0 radical (unpaired) electrons. The minimum Gasteiger partial charge on any atom is -0.733 e. The number of H-pyrrole nitrogens is 1. The topological polar surface area (TPSA) is 91.4 Å². The number of fused-ring (bicyclic) bond motifs is 1. The summed E-state index contributed by atoms with van der Waals surface area (Å²) in [5.74, 6) is -0.660. The molecule has 1 amide bonds. The average molecular weight is 342 g/mol. The second kappa shape index (κ2) is 6.92. The predicted octanol–water partition coefficient (Wildman–Crippen LogP) is 3.28. The van der Waals surface area contributed by atoms with Gasteiger partial charge in [0, 0.05) is 28.7 Å². The van der Waals surface area contributed by atoms with Gasteiger partial charge in [0.05, 0.1) is 5.69 Å². The molecule has 0 aliphatic carbocycles. The predicted molar refractivity (Wildman–Crippen MR) is 93.1 cm³/mol. The molecule has 1 aromatic heterocycles. The second-order valence-corrected chi connectivity index (χ2v) is 5.75. The zero-order valence-corrected chi connectivity index (χ0v) is 13.5. The number of aryl methyl sites for hydroxylation is 1. The lowest BCUT2D eigenvalue weighted by atomic mass is 10.1. The van der Waals surface area contributed by atoms with Gasteiger partial charge in [-0.15, -0.1) is 0 Å². The number of aromatic amines is 1. The van der Waals surface area contributed by atoms with E-state index in [1.54, 1.807) is 12.1 Å². The summed E-state index contributed by atoms with van der Waals surface area (Å²) in [6, 6.07) is 10.3. The van der Waals surface area contributed by atoms with Gasteiger partial charge in [0.1, 0.15) is 5.82 Å². The summed E-state index contributed by atoms with van der Waals surface area (Å²) >= 11 is 0. The summed E-state index contributed by atoms with van der Waals surface area (Å²) in [4.78, 5) is 15.4. The van der Waals surface area contributed by atoms with Gasteiger partial charge in [-0.25, -0.2) is 4.39 Å². The Balaban J connectivity index is 1.69. The van der Waals surface area contributed by atoms with E-state index < -0.39 is 0 Å². The number of amides is 1. The molecule has 0 atom stereocenters. The molecule has 7 heteroatoms. The van der Waals surface area contributed by atoms with Crippen molar-refractivity contribution in [3.05, 3.63) is 70.3 Å². The van der Waals surface area contributed by atoms with Crippen LogP contribution in [0.5, 0.6) is 0 Å². The van der Waals surface area contributed by atoms with Gasteiger partial charge in [0.15, 0.2) is 0 Å². The monoisotopic (exact) mass is 342 g/mol. The van der Waals surface area contributed by atoms with E-state index in [-0.39, 0.29) is 28.2 Å². The van der Waals surface area contributed by atoms with Gasteiger partial charge in [-0.05, 0) is 55.3 Å². The fourth-order valence-electron chi connectivity index (χ4n) is 2.85. The van der Waals surface area contributed by atoms with Crippen molar-refractivity contribution in [2.24, 2.45) is 0 Å². The molecule has 25 heavy (non-hydrogen) atoms. The Labute approximate surface area is 143 Å². The average Bonchev–Trinajstić information content (AvgIpc) is 2.90. The quantitative estimate of drug-likeness (QED) is 0.621. The number of hydrogen-bond donors (Lipinski definition) is 3. The molecular formula is C18H17FN3O3-. The van der Waals surface area contributed by atoms with Crippen molar-refractivity contribution in [3.8, 4) is 0 Å². The maximum atomic E-state index is 13.5. The Kier molecular flexibility index (Phi) is 4.69. The van der Waals surface area contributed by atoms with Crippen LogP contribution in [0.25, 0.3) is 10.9 Å². The van der Waals surface area contributed by atoms with Crippen LogP contribution < -0.4 is 10.5 Å². The maximum Gasteiger partial charge on any atom is 0.251 e. The first-order chi connectivity index (χ1) is 12.0. The van der Waals surface area contributed by atoms with Gasteiger partial charge in [0.25, 0.3) is 5.91 Å². The number of nitrogens with one attached hydrogen (secondary N) is 2. The van der Waals surface area contributed by atoms with E-state index in [1.807, 2.05) is 6.92 Å². The van der Waals surface area contributed by atoms with E-state index in [9.17, 15) is 14.4 Å². The van der Waals surface area contributed by atoms with Crippen LogP contribution >= 0.6 is 0 Å². The van der Waals surface area contributed by atoms with E-state index in [4.69, 9.17) is 5.21 Å². The number of hydrogen-bond acceptors (Lipinski definition) is 4. The summed E-state index contributed by atoms with van der Waals surface area (Å²) in [5.41, 5.74) is 2.99. The Morgan fingerprint density at radius 3 is 2.88 bits per heavy atom. The van der Waals surface area contributed by atoms with Gasteiger partial charge in [-0.3, -0.25) is 10.0 Å². The van der Waals surface area contributed by atoms with Crippen molar-refractivity contribution in [1.82, 2.24) is 10.3 Å². The smallest absolute Gasteiger partial charge is 0.251 e. The molecule has 0 fully saturated rings. The molecule has 6 nitrogen and oxygen atoms in total. The molecule has 3 aromatic rings. The van der Waals surface area contributed by atoms with Gasteiger partial charge in [-0.1, -0.05) is 6.07 Å². The normalized spacial score (nSPS) is 10.9. The first kappa shape index (κ1) is 16.9. The lowest BCUT2D eigenvalue weighted by Gasteiger charge is -2.21. The number of carbonyl (C=O) groups excluding carboxylic acids is 1. The van der Waals surface area contributed by atoms with E-state index in [0.29, 0.717) is 13.0 Å². The standard InChI is InChI=1S/C18H17FN3O3/c1-11-15(16-10-13(19)5-6-17(16)21-11)7-8-20-18(23)12-3-2-4-14(9-12)22(24)25/h2-6,9-10,21,24H,7-8H2,1H3,(H,20,23)/q-1. The highest BCUT2D eigenvalue weighted by Gasteiger charge is 2.11. The third-order valence-electron chi connectivity index (χ3n) is 4.07. The van der Waals surface area contributed by atoms with E-state index in [2.05, 4.69) is 10.3 Å². The van der Waals surface area contributed by atoms with E-state index in [0.717, 1.165) is 22.2 Å². The fraction of sp³-hybridized carbons (Fsp3) is 0.167.